The van der Waals surface area contributed by atoms with Gasteiger partial charge in [-0.15, -0.1) is 11.3 Å². The van der Waals surface area contributed by atoms with Crippen molar-refractivity contribution in [3.63, 3.8) is 0 Å². The molecule has 2 heterocycles. The second kappa shape index (κ2) is 7.42. The van der Waals surface area contributed by atoms with Gasteiger partial charge in [0, 0.05) is 50.4 Å². The number of amides is 1. The van der Waals surface area contributed by atoms with E-state index in [2.05, 4.69) is 21.3 Å². The van der Waals surface area contributed by atoms with Crippen LogP contribution in [0.25, 0.3) is 0 Å². The molecule has 3 rings (SSSR count). The van der Waals surface area contributed by atoms with Gasteiger partial charge in [0.25, 0.3) is 5.91 Å². The highest BCUT2D eigenvalue weighted by atomic mass is 32.1. The van der Waals surface area contributed by atoms with Crippen molar-refractivity contribution in [3.05, 3.63) is 51.5 Å². The molecule has 0 radical (unpaired) electrons. The third-order valence-corrected chi connectivity index (χ3v) is 5.10. The molecule has 5 nitrogen and oxygen atoms in total. The molecule has 2 aromatic rings. The Morgan fingerprint density at radius 1 is 1.46 bits per heavy atom. The minimum absolute atomic E-state index is 0.0370. The van der Waals surface area contributed by atoms with Gasteiger partial charge in [-0.3, -0.25) is 9.69 Å². The summed E-state index contributed by atoms with van der Waals surface area (Å²) in [5.41, 5.74) is 2.93. The molecule has 1 saturated heterocycles. The van der Waals surface area contributed by atoms with E-state index in [0.29, 0.717) is 6.61 Å². The molecule has 0 unspecified atom stereocenters. The largest absolute Gasteiger partial charge is 0.368 e. The Kier molecular flexibility index (Phi) is 5.28. The summed E-state index contributed by atoms with van der Waals surface area (Å²) in [6.07, 6.45) is 0.0454. The van der Waals surface area contributed by atoms with Gasteiger partial charge in [-0.05, 0) is 24.6 Å². The molecule has 24 heavy (non-hydrogen) atoms. The maximum atomic E-state index is 12.1. The molecule has 128 valence electrons. The molecule has 1 aliphatic heterocycles. The summed E-state index contributed by atoms with van der Waals surface area (Å²) >= 11 is 1.66. The van der Waals surface area contributed by atoms with Crippen molar-refractivity contribution in [1.29, 1.82) is 0 Å². The Hall–Kier alpha value is -1.76. The average Bonchev–Trinajstić information content (AvgIpc) is 3.01. The van der Waals surface area contributed by atoms with Gasteiger partial charge < -0.3 is 9.64 Å². The Bertz CT molecular complexity index is 714. The highest BCUT2D eigenvalue weighted by Gasteiger charge is 2.24. The van der Waals surface area contributed by atoms with Crippen LogP contribution >= 0.6 is 11.3 Å². The summed E-state index contributed by atoms with van der Waals surface area (Å²) in [6, 6.07) is 7.88. The lowest BCUT2D eigenvalue weighted by atomic mass is 10.1. The molecule has 1 aromatic carbocycles. The summed E-state index contributed by atoms with van der Waals surface area (Å²) in [6.45, 7) is 5.26. The normalized spacial score (nSPS) is 18.5. The number of rotatable bonds is 4. The molecule has 6 heteroatoms. The number of carbonyl (C=O) groups is 1. The van der Waals surface area contributed by atoms with Gasteiger partial charge in [-0.1, -0.05) is 12.1 Å². The summed E-state index contributed by atoms with van der Waals surface area (Å²) in [5.74, 6) is 0.0370. The summed E-state index contributed by atoms with van der Waals surface area (Å²) in [4.78, 5) is 20.6. The minimum Gasteiger partial charge on any atom is -0.368 e. The van der Waals surface area contributed by atoms with Crippen molar-refractivity contribution in [2.24, 2.45) is 0 Å². The molecule has 1 aromatic heterocycles. The van der Waals surface area contributed by atoms with Gasteiger partial charge in [0.2, 0.25) is 0 Å². The number of nitrogens with zero attached hydrogens (tertiary/aromatic N) is 3. The van der Waals surface area contributed by atoms with Gasteiger partial charge in [0.1, 0.15) is 11.1 Å². The number of hydrogen-bond acceptors (Lipinski definition) is 5. The van der Waals surface area contributed by atoms with Crippen LogP contribution in [0, 0.1) is 6.92 Å². The topological polar surface area (TPSA) is 45.7 Å². The molecule has 0 saturated carbocycles. The van der Waals surface area contributed by atoms with Crippen molar-refractivity contribution in [3.8, 4) is 0 Å². The first-order valence-electron chi connectivity index (χ1n) is 8.09. The van der Waals surface area contributed by atoms with Crippen molar-refractivity contribution >= 4 is 17.2 Å². The fourth-order valence-corrected chi connectivity index (χ4v) is 3.67. The predicted molar refractivity (Wildman–Crippen MR) is 95.3 cm³/mol. The van der Waals surface area contributed by atoms with Crippen LogP contribution in [0.1, 0.15) is 32.7 Å². The monoisotopic (exact) mass is 345 g/mol. The van der Waals surface area contributed by atoms with E-state index in [1.807, 2.05) is 25.1 Å². The molecular weight excluding hydrogens is 322 g/mol. The fourth-order valence-electron chi connectivity index (χ4n) is 2.83. The van der Waals surface area contributed by atoms with Gasteiger partial charge in [-0.2, -0.15) is 0 Å². The van der Waals surface area contributed by atoms with Crippen molar-refractivity contribution in [1.82, 2.24) is 14.8 Å². The highest BCUT2D eigenvalue weighted by Crippen LogP contribution is 2.26. The standard InChI is InChI=1S/C18H23N3O2S/c1-13-12-24-17(19-13)16-11-21(7-8-23-16)10-14-5-4-6-15(9-14)18(22)20(2)3/h4-6,9,12,16H,7-8,10-11H2,1-3H3/t16-/m1/s1. The van der Waals surface area contributed by atoms with Crippen molar-refractivity contribution in [2.45, 2.75) is 19.6 Å². The number of carbonyl (C=O) groups excluding carboxylic acids is 1. The van der Waals surface area contributed by atoms with E-state index in [0.717, 1.165) is 41.5 Å². The maximum Gasteiger partial charge on any atom is 0.253 e. The van der Waals surface area contributed by atoms with Crippen LogP contribution in [0.3, 0.4) is 0 Å². The first kappa shape index (κ1) is 17.1. The van der Waals surface area contributed by atoms with Gasteiger partial charge in [0.15, 0.2) is 0 Å². The molecule has 1 fully saturated rings. The molecule has 0 spiro atoms. The second-order valence-corrected chi connectivity index (χ2v) is 7.21. The summed E-state index contributed by atoms with van der Waals surface area (Å²) in [7, 11) is 3.55. The predicted octanol–water partition coefficient (Wildman–Crippen LogP) is 2.73. The third kappa shape index (κ3) is 4.01. The van der Waals surface area contributed by atoms with Crippen LogP contribution in [0.5, 0.6) is 0 Å². The summed E-state index contributed by atoms with van der Waals surface area (Å²) < 4.78 is 5.88. The van der Waals surface area contributed by atoms with E-state index in [-0.39, 0.29) is 12.0 Å². The maximum absolute atomic E-state index is 12.1. The number of benzene rings is 1. The Morgan fingerprint density at radius 2 is 2.29 bits per heavy atom. The zero-order chi connectivity index (χ0) is 17.1. The third-order valence-electron chi connectivity index (χ3n) is 4.05. The van der Waals surface area contributed by atoms with Crippen molar-refractivity contribution < 1.29 is 9.53 Å². The first-order chi connectivity index (χ1) is 11.5. The Labute approximate surface area is 146 Å². The van der Waals surface area contributed by atoms with Gasteiger partial charge >= 0.3 is 0 Å². The van der Waals surface area contributed by atoms with E-state index < -0.39 is 0 Å². The Balaban J connectivity index is 1.67. The van der Waals surface area contributed by atoms with Crippen LogP contribution in [0.15, 0.2) is 29.6 Å². The van der Waals surface area contributed by atoms with Crippen LogP contribution in [0.2, 0.25) is 0 Å². The molecular formula is C18H23N3O2S. The van der Waals surface area contributed by atoms with Crippen LogP contribution in [-0.4, -0.2) is 54.5 Å². The fraction of sp³-hybridized carbons (Fsp3) is 0.444. The Morgan fingerprint density at radius 3 is 3.00 bits per heavy atom. The minimum atomic E-state index is 0.0370. The lowest BCUT2D eigenvalue weighted by molar-refractivity contribution is -0.0330. The SMILES string of the molecule is Cc1csc([C@H]2CN(Cc3cccc(C(=O)N(C)C)c3)CCO2)n1. The molecule has 0 bridgehead atoms. The van der Waals surface area contributed by atoms with E-state index in [9.17, 15) is 4.79 Å². The van der Waals surface area contributed by atoms with E-state index >= 15 is 0 Å². The molecule has 0 aliphatic carbocycles. The number of morpholine rings is 1. The van der Waals surface area contributed by atoms with E-state index in [1.165, 1.54) is 0 Å². The van der Waals surface area contributed by atoms with Crippen molar-refractivity contribution in [2.75, 3.05) is 33.8 Å². The molecule has 1 amide bonds. The van der Waals surface area contributed by atoms with Crippen LogP contribution in [0.4, 0.5) is 0 Å². The lowest BCUT2D eigenvalue weighted by Crippen LogP contribution is -2.37. The molecule has 0 N–H and O–H groups in total. The second-order valence-electron chi connectivity index (χ2n) is 6.32. The quantitative estimate of drug-likeness (QED) is 0.855. The first-order valence-corrected chi connectivity index (χ1v) is 8.97. The number of thiazole rings is 1. The van der Waals surface area contributed by atoms with Crippen LogP contribution in [-0.2, 0) is 11.3 Å². The van der Waals surface area contributed by atoms with Crippen LogP contribution < -0.4 is 0 Å². The lowest BCUT2D eigenvalue weighted by Gasteiger charge is -2.32. The van der Waals surface area contributed by atoms with Gasteiger partial charge in [0.05, 0.1) is 6.61 Å². The number of hydrogen-bond donors (Lipinski definition) is 0. The molecule has 1 aliphatic rings. The smallest absolute Gasteiger partial charge is 0.253 e. The zero-order valence-electron chi connectivity index (χ0n) is 14.4. The molecule has 1 atom stereocenters. The number of aromatic nitrogens is 1. The average molecular weight is 345 g/mol. The van der Waals surface area contributed by atoms with E-state index in [4.69, 9.17) is 4.74 Å². The van der Waals surface area contributed by atoms with E-state index in [1.54, 1.807) is 30.3 Å². The summed E-state index contributed by atoms with van der Waals surface area (Å²) in [5, 5.41) is 3.11. The number of ether oxygens (including phenoxy) is 1. The van der Waals surface area contributed by atoms with Gasteiger partial charge in [-0.25, -0.2) is 4.98 Å². The number of aryl methyl sites for hydroxylation is 1. The highest BCUT2D eigenvalue weighted by molar-refractivity contribution is 7.09. The zero-order valence-corrected chi connectivity index (χ0v) is 15.2.